The van der Waals surface area contributed by atoms with Crippen LogP contribution >= 0.6 is 0 Å². The average Bonchev–Trinajstić information content (AvgIpc) is 1.95. The molecule has 0 N–H and O–H groups in total. The van der Waals surface area contributed by atoms with Crippen molar-refractivity contribution in [1.29, 1.82) is 0 Å². The van der Waals surface area contributed by atoms with Gasteiger partial charge < -0.3 is 49.6 Å². The molecule has 0 nitrogen and oxygen atoms in total. The quantitative estimate of drug-likeness (QED) is 0.317. The summed E-state index contributed by atoms with van der Waals surface area (Å²) in [6.45, 7) is 10.9. The molecule has 0 aliphatic heterocycles. The summed E-state index contributed by atoms with van der Waals surface area (Å²) in [5.41, 5.74) is 4.39. The van der Waals surface area contributed by atoms with Crippen molar-refractivity contribution in [3.05, 3.63) is 22.8 Å². The second-order valence-corrected chi connectivity index (χ2v) is 3.62. The van der Waals surface area contributed by atoms with Gasteiger partial charge in [-0.05, 0) is 0 Å². The van der Waals surface area contributed by atoms with Crippen molar-refractivity contribution in [2.75, 3.05) is 0 Å². The second kappa shape index (κ2) is 10.5. The van der Waals surface area contributed by atoms with E-state index in [2.05, 4.69) is 40.7 Å². The predicted molar refractivity (Wildman–Crippen MR) is 44.6 cm³/mol. The van der Waals surface area contributed by atoms with E-state index in [9.17, 15) is 0 Å². The second-order valence-electron chi connectivity index (χ2n) is 3.62. The molecule has 0 unspecified atom stereocenters. The number of hydrogen-bond donors (Lipinski definition) is 0. The molecule has 88 valence electrons. The fraction of sp³-hybridized carbons (Fsp3) is 0.600. The summed E-state index contributed by atoms with van der Waals surface area (Å²) in [5.74, 6) is 0. The monoisotopic (exact) mass is 456 g/mol. The molecule has 0 aromatic rings. The van der Waals surface area contributed by atoms with Gasteiger partial charge in [0, 0.05) is 0 Å². The first-order chi connectivity index (χ1) is 4.45. The molecular weight excluding hydrogens is 443 g/mol. The Balaban J connectivity index is -0.0000000667. The maximum Gasteiger partial charge on any atom is 5.00 e. The minimum atomic E-state index is 0. The Kier molecular flexibility index (Phi) is 21.0. The largest absolute Gasteiger partial charge is 5.00 e. The fourth-order valence-electron chi connectivity index (χ4n) is 1.41. The molecule has 0 aromatic carbocycles. The van der Waals surface area contributed by atoms with Gasteiger partial charge in [-0.2, -0.15) is 11.1 Å². The third-order valence-electron chi connectivity index (χ3n) is 2.56. The Morgan fingerprint density at radius 3 is 1.27 bits per heavy atom. The molecule has 0 heterocycles. The van der Waals surface area contributed by atoms with Gasteiger partial charge in [-0.3, -0.25) is 6.08 Å². The van der Waals surface area contributed by atoms with E-state index in [-0.39, 0.29) is 77.4 Å². The summed E-state index contributed by atoms with van der Waals surface area (Å²) in [4.78, 5) is 0. The van der Waals surface area contributed by atoms with Crippen LogP contribution in [-0.4, -0.2) is 0 Å². The van der Waals surface area contributed by atoms with E-state index in [0.29, 0.717) is 0 Å². The van der Waals surface area contributed by atoms with Crippen molar-refractivity contribution >= 4 is 0 Å². The first-order valence-corrected chi connectivity index (χ1v) is 3.75. The third-order valence-corrected chi connectivity index (χ3v) is 2.56. The topological polar surface area (TPSA) is 0 Å². The smallest absolute Gasteiger partial charge is 1.00 e. The molecule has 0 radical (unpaired) electrons. The van der Waals surface area contributed by atoms with E-state index < -0.39 is 0 Å². The molecule has 1 aliphatic carbocycles. The van der Waals surface area contributed by atoms with Crippen LogP contribution in [0.3, 0.4) is 0 Å². The van der Waals surface area contributed by atoms with Gasteiger partial charge in [-0.15, -0.1) is 6.92 Å². The molecule has 0 amide bonds. The van der Waals surface area contributed by atoms with Gasteiger partial charge in [0.1, 0.15) is 0 Å². The van der Waals surface area contributed by atoms with Gasteiger partial charge in [0.05, 0.1) is 0 Å². The first-order valence-electron chi connectivity index (χ1n) is 3.75. The van der Waals surface area contributed by atoms with Crippen LogP contribution in [0.5, 0.6) is 0 Å². The molecular formula is C10H15Cl4Ta. The molecule has 0 fully saturated rings. The van der Waals surface area contributed by atoms with E-state index in [4.69, 9.17) is 0 Å². The van der Waals surface area contributed by atoms with Gasteiger partial charge in [-0.25, -0.2) is 5.57 Å². The van der Waals surface area contributed by atoms with Crippen LogP contribution in [0.25, 0.3) is 0 Å². The summed E-state index contributed by atoms with van der Waals surface area (Å²) >= 11 is 0. The molecule has 1 aliphatic rings. The van der Waals surface area contributed by atoms with Crippen molar-refractivity contribution in [2.24, 2.45) is 5.41 Å². The minimum absolute atomic E-state index is 0. The molecule has 0 spiro atoms. The Morgan fingerprint density at radius 2 is 1.20 bits per heavy atom. The molecule has 5 heteroatoms. The Morgan fingerprint density at radius 1 is 0.867 bits per heavy atom. The Bertz CT molecular complexity index is 232. The summed E-state index contributed by atoms with van der Waals surface area (Å²) in [6, 6.07) is 0. The molecule has 1 rings (SSSR count). The van der Waals surface area contributed by atoms with Crippen LogP contribution in [0.4, 0.5) is 0 Å². The fourth-order valence-corrected chi connectivity index (χ4v) is 1.41. The number of hydrogen-bond acceptors (Lipinski definition) is 0. The van der Waals surface area contributed by atoms with Crippen LogP contribution < -0.4 is 49.6 Å². The average molecular weight is 458 g/mol. The summed E-state index contributed by atoms with van der Waals surface area (Å²) in [7, 11) is 0. The Hall–Kier alpha value is 1.38. The SMILES string of the molecule is CC1=[C-]C(C)(C)C(C)=C1C.[Cl-].[Cl-].[Cl-].[Cl-].[Ta+5]. The molecule has 15 heavy (non-hydrogen) atoms. The normalized spacial score (nSPS) is 15.7. The van der Waals surface area contributed by atoms with Crippen LogP contribution in [0.15, 0.2) is 16.7 Å². The van der Waals surface area contributed by atoms with Crippen molar-refractivity contribution < 1.29 is 72.0 Å². The first kappa shape index (κ1) is 29.9. The van der Waals surface area contributed by atoms with E-state index in [1.165, 1.54) is 16.7 Å². The van der Waals surface area contributed by atoms with Gasteiger partial charge >= 0.3 is 22.4 Å². The molecule has 0 atom stereocenters. The van der Waals surface area contributed by atoms with Crippen LogP contribution in [0.1, 0.15) is 34.6 Å². The summed E-state index contributed by atoms with van der Waals surface area (Å²) < 4.78 is 0. The van der Waals surface area contributed by atoms with Crippen molar-refractivity contribution in [2.45, 2.75) is 34.6 Å². The summed E-state index contributed by atoms with van der Waals surface area (Å²) in [5, 5.41) is 0. The zero-order valence-corrected chi connectivity index (χ0v) is 15.7. The van der Waals surface area contributed by atoms with Crippen LogP contribution in [-0.2, 0) is 22.4 Å². The van der Waals surface area contributed by atoms with Gasteiger partial charge in [0.2, 0.25) is 0 Å². The van der Waals surface area contributed by atoms with Gasteiger partial charge in [0.15, 0.2) is 0 Å². The molecule has 0 saturated carbocycles. The van der Waals surface area contributed by atoms with Gasteiger partial charge in [-0.1, -0.05) is 33.1 Å². The Labute approximate surface area is 134 Å². The van der Waals surface area contributed by atoms with Crippen molar-refractivity contribution in [3.63, 3.8) is 0 Å². The third kappa shape index (κ3) is 6.63. The molecule has 0 aromatic heterocycles. The number of allylic oxidation sites excluding steroid dienone is 4. The van der Waals surface area contributed by atoms with Gasteiger partial charge in [0.25, 0.3) is 0 Å². The van der Waals surface area contributed by atoms with Crippen molar-refractivity contribution in [1.82, 2.24) is 0 Å². The predicted octanol–water partition coefficient (Wildman–Crippen LogP) is -8.87. The maximum absolute atomic E-state index is 3.44. The number of rotatable bonds is 0. The van der Waals surface area contributed by atoms with E-state index in [1.807, 2.05) is 0 Å². The summed E-state index contributed by atoms with van der Waals surface area (Å²) in [6.07, 6.45) is 3.44. The zero-order valence-electron chi connectivity index (χ0n) is 9.46. The van der Waals surface area contributed by atoms with Crippen LogP contribution in [0, 0.1) is 11.5 Å². The maximum atomic E-state index is 3.44. The molecule has 0 saturated heterocycles. The minimum Gasteiger partial charge on any atom is -1.00 e. The standard InChI is InChI=1S/C10H15.4ClH.Ta/c1-7-6-10(4,5)9(3)8(7)2;;;;;/h1-5H3;4*1H;/q-1;;;;;+5/p-4. The molecule has 0 bridgehead atoms. The van der Waals surface area contributed by atoms with E-state index in [0.717, 1.165) is 0 Å². The van der Waals surface area contributed by atoms with E-state index in [1.54, 1.807) is 0 Å². The van der Waals surface area contributed by atoms with Crippen molar-refractivity contribution in [3.8, 4) is 0 Å². The van der Waals surface area contributed by atoms with E-state index >= 15 is 0 Å². The van der Waals surface area contributed by atoms with Crippen LogP contribution in [0.2, 0.25) is 0 Å². The zero-order chi connectivity index (χ0) is 7.94. The number of halogens is 4.